The van der Waals surface area contributed by atoms with Crippen LogP contribution in [0.15, 0.2) is 18.2 Å². The number of nitrogens with two attached hydrogens (primary N) is 1. The zero-order chi connectivity index (χ0) is 13.4. The highest BCUT2D eigenvalue weighted by molar-refractivity contribution is 6.35. The molecule has 0 radical (unpaired) electrons. The van der Waals surface area contributed by atoms with Crippen LogP contribution >= 0.6 is 23.2 Å². The van der Waals surface area contributed by atoms with Crippen molar-refractivity contribution >= 4 is 35.0 Å². The number of nitrogen functional groups attached to an aromatic ring is 1. The Bertz CT molecular complexity index is 643. The Morgan fingerprint density at radius 2 is 2.11 bits per heavy atom. The van der Waals surface area contributed by atoms with Crippen molar-refractivity contribution in [2.24, 2.45) is 0 Å². The van der Waals surface area contributed by atoms with E-state index in [-0.39, 0.29) is 5.95 Å². The molecule has 2 aromatic rings. The van der Waals surface area contributed by atoms with Crippen LogP contribution in [0.1, 0.15) is 16.8 Å². The number of fused-ring (bicyclic) bond motifs is 1. The molecular weight excluding hydrogens is 283 g/mol. The standard InChI is InChI=1S/C13H12Cl2N4/c14-8-2-1-7(10(15)6-8)5-11-9-3-4-17-12(9)19-13(16)18-11/h1-2,6H,3-5H2,(H3,16,17,18,19). The number of hydrogen-bond acceptors (Lipinski definition) is 4. The lowest BCUT2D eigenvalue weighted by Gasteiger charge is -2.09. The van der Waals surface area contributed by atoms with E-state index < -0.39 is 0 Å². The summed E-state index contributed by atoms with van der Waals surface area (Å²) in [6.45, 7) is 0.870. The fourth-order valence-corrected chi connectivity index (χ4v) is 2.73. The van der Waals surface area contributed by atoms with Crippen LogP contribution in [0.3, 0.4) is 0 Å². The number of benzene rings is 1. The number of hydrogen-bond donors (Lipinski definition) is 2. The summed E-state index contributed by atoms with van der Waals surface area (Å²) in [5.41, 5.74) is 8.77. The number of nitrogens with zero attached hydrogens (tertiary/aromatic N) is 2. The van der Waals surface area contributed by atoms with Crippen LogP contribution in [-0.2, 0) is 12.8 Å². The van der Waals surface area contributed by atoms with Gasteiger partial charge >= 0.3 is 0 Å². The fraction of sp³-hybridized carbons (Fsp3) is 0.231. The number of rotatable bonds is 2. The van der Waals surface area contributed by atoms with Crippen molar-refractivity contribution in [3.8, 4) is 0 Å². The van der Waals surface area contributed by atoms with Crippen molar-refractivity contribution in [3.63, 3.8) is 0 Å². The van der Waals surface area contributed by atoms with Crippen LogP contribution in [0.4, 0.5) is 11.8 Å². The average Bonchev–Trinajstić information content (AvgIpc) is 2.80. The van der Waals surface area contributed by atoms with Crippen molar-refractivity contribution in [3.05, 3.63) is 45.1 Å². The predicted octanol–water partition coefficient (Wildman–Crippen LogP) is 2.92. The van der Waals surface area contributed by atoms with Crippen LogP contribution < -0.4 is 11.1 Å². The second-order valence-electron chi connectivity index (χ2n) is 4.44. The normalized spacial score (nSPS) is 13.2. The second-order valence-corrected chi connectivity index (χ2v) is 5.29. The van der Waals surface area contributed by atoms with Gasteiger partial charge in [-0.2, -0.15) is 4.98 Å². The third kappa shape index (κ3) is 2.46. The van der Waals surface area contributed by atoms with Gasteiger partial charge in [0.05, 0.1) is 5.69 Å². The van der Waals surface area contributed by atoms with Gasteiger partial charge in [0.15, 0.2) is 0 Å². The summed E-state index contributed by atoms with van der Waals surface area (Å²) in [6, 6.07) is 5.48. The van der Waals surface area contributed by atoms with Crippen molar-refractivity contribution < 1.29 is 0 Å². The highest BCUT2D eigenvalue weighted by Crippen LogP contribution is 2.28. The van der Waals surface area contributed by atoms with E-state index in [9.17, 15) is 0 Å². The Labute approximate surface area is 121 Å². The third-order valence-electron chi connectivity index (χ3n) is 3.15. The zero-order valence-electron chi connectivity index (χ0n) is 10.1. The summed E-state index contributed by atoms with van der Waals surface area (Å²) < 4.78 is 0. The Hall–Kier alpha value is -1.52. The molecule has 0 spiro atoms. The van der Waals surface area contributed by atoms with Crippen molar-refractivity contribution in [1.29, 1.82) is 0 Å². The molecule has 1 aliphatic rings. The van der Waals surface area contributed by atoms with E-state index in [0.717, 1.165) is 35.6 Å². The minimum atomic E-state index is 0.285. The van der Waals surface area contributed by atoms with E-state index in [4.69, 9.17) is 28.9 Å². The Morgan fingerprint density at radius 3 is 2.89 bits per heavy atom. The maximum absolute atomic E-state index is 6.20. The summed E-state index contributed by atoms with van der Waals surface area (Å²) in [6.07, 6.45) is 1.54. The van der Waals surface area contributed by atoms with Crippen LogP contribution in [0, 0.1) is 0 Å². The fourth-order valence-electron chi connectivity index (χ4n) is 2.26. The number of anilines is 2. The topological polar surface area (TPSA) is 63.8 Å². The highest BCUT2D eigenvalue weighted by Gasteiger charge is 2.19. The van der Waals surface area contributed by atoms with Gasteiger partial charge in [-0.1, -0.05) is 29.3 Å². The third-order valence-corrected chi connectivity index (χ3v) is 3.74. The maximum atomic E-state index is 6.20. The number of aromatic nitrogens is 2. The van der Waals surface area contributed by atoms with E-state index in [2.05, 4.69) is 15.3 Å². The average molecular weight is 295 g/mol. The van der Waals surface area contributed by atoms with Gasteiger partial charge in [-0.15, -0.1) is 0 Å². The van der Waals surface area contributed by atoms with Crippen molar-refractivity contribution in [1.82, 2.24) is 9.97 Å². The zero-order valence-corrected chi connectivity index (χ0v) is 11.6. The van der Waals surface area contributed by atoms with E-state index in [1.165, 1.54) is 0 Å². The summed E-state index contributed by atoms with van der Waals surface area (Å²) in [4.78, 5) is 8.53. The van der Waals surface area contributed by atoms with E-state index in [1.807, 2.05) is 12.1 Å². The highest BCUT2D eigenvalue weighted by atomic mass is 35.5. The summed E-state index contributed by atoms with van der Waals surface area (Å²) >= 11 is 12.1. The smallest absolute Gasteiger partial charge is 0.222 e. The first-order chi connectivity index (χ1) is 9.13. The quantitative estimate of drug-likeness (QED) is 0.894. The monoisotopic (exact) mass is 294 g/mol. The van der Waals surface area contributed by atoms with Crippen LogP contribution in [0.2, 0.25) is 10.0 Å². The molecule has 0 saturated heterocycles. The van der Waals surface area contributed by atoms with Gasteiger partial charge in [-0.05, 0) is 24.1 Å². The molecule has 3 rings (SSSR count). The van der Waals surface area contributed by atoms with Crippen LogP contribution in [0.25, 0.3) is 0 Å². The summed E-state index contributed by atoms with van der Waals surface area (Å²) in [5.74, 6) is 1.13. The van der Waals surface area contributed by atoms with Gasteiger partial charge in [0, 0.05) is 28.6 Å². The lowest BCUT2D eigenvalue weighted by molar-refractivity contribution is 0.990. The van der Waals surface area contributed by atoms with E-state index >= 15 is 0 Å². The lowest BCUT2D eigenvalue weighted by Crippen LogP contribution is -2.05. The SMILES string of the molecule is Nc1nc(Cc2ccc(Cl)cc2Cl)c2c(n1)NCC2. The van der Waals surface area contributed by atoms with Gasteiger partial charge in [0.1, 0.15) is 5.82 Å². The van der Waals surface area contributed by atoms with Crippen LogP contribution in [0.5, 0.6) is 0 Å². The molecule has 1 aromatic carbocycles. The van der Waals surface area contributed by atoms with E-state index in [1.54, 1.807) is 6.07 Å². The van der Waals surface area contributed by atoms with E-state index in [0.29, 0.717) is 16.5 Å². The van der Waals surface area contributed by atoms with Gasteiger partial charge < -0.3 is 11.1 Å². The maximum Gasteiger partial charge on any atom is 0.222 e. The van der Waals surface area contributed by atoms with Crippen LogP contribution in [-0.4, -0.2) is 16.5 Å². The van der Waals surface area contributed by atoms with Gasteiger partial charge in [0.2, 0.25) is 5.95 Å². The van der Waals surface area contributed by atoms with Gasteiger partial charge in [0.25, 0.3) is 0 Å². The summed E-state index contributed by atoms with van der Waals surface area (Å²) in [7, 11) is 0. The molecule has 0 amide bonds. The molecule has 4 nitrogen and oxygen atoms in total. The molecule has 1 aromatic heterocycles. The van der Waals surface area contributed by atoms with Gasteiger partial charge in [-0.25, -0.2) is 4.98 Å². The summed E-state index contributed by atoms with van der Waals surface area (Å²) in [5, 5.41) is 4.48. The lowest BCUT2D eigenvalue weighted by atomic mass is 10.0. The molecule has 2 heterocycles. The minimum Gasteiger partial charge on any atom is -0.369 e. The molecule has 6 heteroatoms. The molecule has 98 valence electrons. The molecule has 0 unspecified atom stereocenters. The number of halogens is 2. The first kappa shape index (κ1) is 12.5. The first-order valence-corrected chi connectivity index (χ1v) is 6.72. The van der Waals surface area contributed by atoms with Crippen molar-refractivity contribution in [2.45, 2.75) is 12.8 Å². The number of nitrogens with one attached hydrogen (secondary N) is 1. The minimum absolute atomic E-state index is 0.285. The Balaban J connectivity index is 1.99. The predicted molar refractivity (Wildman–Crippen MR) is 77.9 cm³/mol. The molecule has 0 bridgehead atoms. The van der Waals surface area contributed by atoms with Gasteiger partial charge in [-0.3, -0.25) is 0 Å². The molecule has 3 N–H and O–H groups in total. The van der Waals surface area contributed by atoms with Crippen molar-refractivity contribution in [2.75, 3.05) is 17.6 Å². The molecule has 0 fully saturated rings. The second kappa shape index (κ2) is 4.87. The molecule has 0 aliphatic carbocycles. The molecular formula is C13H12Cl2N4. The molecule has 19 heavy (non-hydrogen) atoms. The molecule has 1 aliphatic heterocycles. The molecule has 0 saturated carbocycles. The first-order valence-electron chi connectivity index (χ1n) is 5.96. The molecule has 0 atom stereocenters. The largest absolute Gasteiger partial charge is 0.369 e. The Morgan fingerprint density at radius 1 is 1.26 bits per heavy atom. The Kier molecular flexibility index (Phi) is 3.21.